The summed E-state index contributed by atoms with van der Waals surface area (Å²) in [5, 5.41) is 0.386. The number of pyridine rings is 1. The van der Waals surface area contributed by atoms with E-state index in [1.165, 1.54) is 10.8 Å². The molecule has 3 rings (SSSR count). The van der Waals surface area contributed by atoms with Crippen LogP contribution in [0.5, 0.6) is 0 Å². The van der Waals surface area contributed by atoms with Gasteiger partial charge in [0.1, 0.15) is 5.78 Å². The monoisotopic (exact) mass is 293 g/mol. The minimum Gasteiger partial charge on any atom is -0.315 e. The van der Waals surface area contributed by atoms with Gasteiger partial charge in [0.25, 0.3) is 0 Å². The van der Waals surface area contributed by atoms with Crippen LogP contribution in [0.1, 0.15) is 31.7 Å². The third kappa shape index (κ3) is 2.16. The van der Waals surface area contributed by atoms with E-state index in [1.54, 1.807) is 6.07 Å². The lowest BCUT2D eigenvalue weighted by atomic mass is 9.94. The van der Waals surface area contributed by atoms with Gasteiger partial charge < -0.3 is 4.98 Å². The molecule has 0 aliphatic heterocycles. The van der Waals surface area contributed by atoms with Crippen LogP contribution in [-0.4, -0.2) is 20.3 Å². The van der Waals surface area contributed by atoms with E-state index in [1.807, 2.05) is 0 Å². The number of nitrogens with zero attached hydrogens (tertiary/aromatic N) is 2. The van der Waals surface area contributed by atoms with Crippen molar-refractivity contribution in [3.63, 3.8) is 0 Å². The van der Waals surface area contributed by atoms with Gasteiger partial charge in [0.05, 0.1) is 10.5 Å². The fraction of sp³-hybridized carbons (Fsp3) is 0.385. The molecule has 1 N–H and O–H groups in total. The smallest absolute Gasteiger partial charge is 0.315 e. The van der Waals surface area contributed by atoms with Gasteiger partial charge >= 0.3 is 11.1 Å². The molecule has 0 saturated heterocycles. The van der Waals surface area contributed by atoms with Crippen molar-refractivity contribution in [2.45, 2.75) is 31.7 Å². The van der Waals surface area contributed by atoms with Crippen LogP contribution in [-0.2, 0) is 4.79 Å². The molecule has 0 atom stereocenters. The van der Waals surface area contributed by atoms with Gasteiger partial charge in [0.15, 0.2) is 5.65 Å². The van der Waals surface area contributed by atoms with Gasteiger partial charge in [0, 0.05) is 25.1 Å². The molecule has 0 spiro atoms. The van der Waals surface area contributed by atoms with E-state index < -0.39 is 11.1 Å². The first kappa shape index (κ1) is 13.1. The minimum atomic E-state index is -0.696. The molecule has 2 heterocycles. The van der Waals surface area contributed by atoms with Gasteiger partial charge in [0.2, 0.25) is 0 Å². The molecule has 1 saturated carbocycles. The number of aromatic nitrogens is 3. The Hall–Kier alpha value is -1.95. The number of hydrogen-bond donors (Lipinski definition) is 1. The van der Waals surface area contributed by atoms with E-state index in [4.69, 9.17) is 11.6 Å². The molecule has 20 heavy (non-hydrogen) atoms. The molecule has 2 aromatic heterocycles. The van der Waals surface area contributed by atoms with Gasteiger partial charge in [-0.25, -0.2) is 4.98 Å². The second-order valence-corrected chi connectivity index (χ2v) is 5.36. The summed E-state index contributed by atoms with van der Waals surface area (Å²) in [6.07, 6.45) is 3.41. The predicted molar refractivity (Wildman–Crippen MR) is 74.1 cm³/mol. The number of H-pyrrole nitrogens is 1. The first-order valence-electron chi connectivity index (χ1n) is 6.38. The molecule has 0 amide bonds. The molecule has 1 fully saturated rings. The molecule has 7 heteroatoms. The molecule has 0 aromatic carbocycles. The van der Waals surface area contributed by atoms with E-state index in [0.29, 0.717) is 41.9 Å². The lowest BCUT2D eigenvalue weighted by Crippen LogP contribution is -2.39. The van der Waals surface area contributed by atoms with Crippen LogP contribution < -0.4 is 11.1 Å². The number of halogens is 1. The molecular formula is C13H12ClN3O3. The number of carbonyl (C=O) groups is 1. The summed E-state index contributed by atoms with van der Waals surface area (Å²) >= 11 is 5.85. The fourth-order valence-corrected chi connectivity index (χ4v) is 2.78. The highest BCUT2D eigenvalue weighted by Crippen LogP contribution is 2.27. The second-order valence-electron chi connectivity index (χ2n) is 4.92. The Morgan fingerprint density at radius 1 is 1.25 bits per heavy atom. The third-order valence-electron chi connectivity index (χ3n) is 3.60. The van der Waals surface area contributed by atoms with E-state index >= 15 is 0 Å². The first-order valence-corrected chi connectivity index (χ1v) is 6.76. The van der Waals surface area contributed by atoms with Crippen molar-refractivity contribution in [3.05, 3.63) is 38.0 Å². The molecule has 1 aliphatic carbocycles. The maximum Gasteiger partial charge on any atom is 0.318 e. The standard InChI is InChI=1S/C13H12ClN3O3/c14-7-5-10-11(15-6-7)17(13(20)12(19)16-10)8-1-3-9(18)4-2-8/h5-6,8H,1-4H2,(H,16,19). The number of fused-ring (bicyclic) bond motifs is 1. The van der Waals surface area contributed by atoms with Crippen LogP contribution in [0.2, 0.25) is 5.02 Å². The largest absolute Gasteiger partial charge is 0.318 e. The minimum absolute atomic E-state index is 0.168. The number of aromatic amines is 1. The third-order valence-corrected chi connectivity index (χ3v) is 3.81. The highest BCUT2D eigenvalue weighted by molar-refractivity contribution is 6.30. The van der Waals surface area contributed by atoms with Crippen LogP contribution >= 0.6 is 11.6 Å². The average Bonchev–Trinajstić information content (AvgIpc) is 2.42. The van der Waals surface area contributed by atoms with Gasteiger partial charge in [-0.15, -0.1) is 0 Å². The predicted octanol–water partition coefficient (Wildman–Crippen LogP) is 1.42. The second kappa shape index (κ2) is 4.86. The van der Waals surface area contributed by atoms with E-state index in [0.717, 1.165) is 0 Å². The van der Waals surface area contributed by atoms with Crippen molar-refractivity contribution in [1.82, 2.24) is 14.5 Å². The number of Topliss-reactive ketones (excluding diaryl/α,β-unsaturated/α-hetero) is 1. The quantitative estimate of drug-likeness (QED) is 0.806. The molecular weight excluding hydrogens is 282 g/mol. The lowest BCUT2D eigenvalue weighted by molar-refractivity contribution is -0.120. The average molecular weight is 294 g/mol. The van der Waals surface area contributed by atoms with Crippen LogP contribution in [0.25, 0.3) is 11.2 Å². The van der Waals surface area contributed by atoms with Crippen LogP contribution in [0, 0.1) is 0 Å². The van der Waals surface area contributed by atoms with Gasteiger partial charge in [-0.3, -0.25) is 19.0 Å². The first-order chi connectivity index (χ1) is 9.56. The van der Waals surface area contributed by atoms with Crippen LogP contribution in [0.3, 0.4) is 0 Å². The van der Waals surface area contributed by atoms with Crippen molar-refractivity contribution in [2.24, 2.45) is 0 Å². The number of carbonyl (C=O) groups excluding carboxylic acids is 1. The molecule has 0 radical (unpaired) electrons. The zero-order valence-electron chi connectivity index (χ0n) is 10.6. The highest BCUT2D eigenvalue weighted by Gasteiger charge is 2.23. The molecule has 0 unspecified atom stereocenters. The Kier molecular flexibility index (Phi) is 3.17. The molecule has 104 valence electrons. The molecule has 6 nitrogen and oxygen atoms in total. The maximum absolute atomic E-state index is 12.1. The summed E-state index contributed by atoms with van der Waals surface area (Å²) in [5.74, 6) is 0.194. The highest BCUT2D eigenvalue weighted by atomic mass is 35.5. The van der Waals surface area contributed by atoms with E-state index in [-0.39, 0.29) is 11.8 Å². The van der Waals surface area contributed by atoms with Gasteiger partial charge in [-0.05, 0) is 18.9 Å². The number of rotatable bonds is 1. The summed E-state index contributed by atoms with van der Waals surface area (Å²) in [4.78, 5) is 41.8. The summed E-state index contributed by atoms with van der Waals surface area (Å²) in [6.45, 7) is 0. The number of ketones is 1. The Bertz CT molecular complexity index is 799. The molecule has 1 aliphatic rings. The fourth-order valence-electron chi connectivity index (χ4n) is 2.62. The number of nitrogens with one attached hydrogen (secondary N) is 1. The van der Waals surface area contributed by atoms with Crippen LogP contribution in [0.4, 0.5) is 0 Å². The van der Waals surface area contributed by atoms with Crippen molar-refractivity contribution < 1.29 is 4.79 Å². The summed E-state index contributed by atoms with van der Waals surface area (Å²) in [7, 11) is 0. The Morgan fingerprint density at radius 3 is 2.65 bits per heavy atom. The summed E-state index contributed by atoms with van der Waals surface area (Å²) in [5.41, 5.74) is -0.498. The zero-order valence-corrected chi connectivity index (χ0v) is 11.3. The summed E-state index contributed by atoms with van der Waals surface area (Å²) < 4.78 is 1.40. The normalized spacial score (nSPS) is 16.8. The Morgan fingerprint density at radius 2 is 1.95 bits per heavy atom. The van der Waals surface area contributed by atoms with E-state index in [2.05, 4.69) is 9.97 Å². The Labute approximate surface area is 118 Å². The van der Waals surface area contributed by atoms with Crippen molar-refractivity contribution in [1.29, 1.82) is 0 Å². The van der Waals surface area contributed by atoms with Crippen molar-refractivity contribution >= 4 is 28.5 Å². The Balaban J connectivity index is 2.23. The van der Waals surface area contributed by atoms with Gasteiger partial charge in [-0.1, -0.05) is 11.6 Å². The molecule has 0 bridgehead atoms. The topological polar surface area (TPSA) is 84.8 Å². The van der Waals surface area contributed by atoms with Crippen LogP contribution in [0.15, 0.2) is 21.9 Å². The SMILES string of the molecule is O=C1CCC(n2c(=O)c(=O)[nH]c3cc(Cl)cnc32)CC1. The van der Waals surface area contributed by atoms with Crippen molar-refractivity contribution in [3.8, 4) is 0 Å². The van der Waals surface area contributed by atoms with Crippen molar-refractivity contribution in [2.75, 3.05) is 0 Å². The lowest BCUT2D eigenvalue weighted by Gasteiger charge is -2.23. The maximum atomic E-state index is 12.1. The number of hydrogen-bond acceptors (Lipinski definition) is 4. The molecule has 2 aromatic rings. The zero-order chi connectivity index (χ0) is 14.3. The van der Waals surface area contributed by atoms with Gasteiger partial charge in [-0.2, -0.15) is 0 Å². The van der Waals surface area contributed by atoms with E-state index in [9.17, 15) is 14.4 Å². The summed E-state index contributed by atoms with van der Waals surface area (Å²) in [6, 6.07) is 1.40.